The smallest absolute Gasteiger partial charge is 0.291 e. The molecule has 2 aromatic rings. The van der Waals surface area contributed by atoms with Crippen molar-refractivity contribution in [2.24, 2.45) is 0 Å². The van der Waals surface area contributed by atoms with Crippen LogP contribution in [-0.2, 0) is 0 Å². The van der Waals surface area contributed by atoms with Gasteiger partial charge < -0.3 is 14.6 Å². The third-order valence-corrected chi connectivity index (χ3v) is 4.04. The van der Waals surface area contributed by atoms with Gasteiger partial charge in [-0.3, -0.25) is 9.59 Å². The molecule has 1 fully saturated rings. The van der Waals surface area contributed by atoms with Crippen LogP contribution in [-0.4, -0.2) is 29.8 Å². The van der Waals surface area contributed by atoms with Crippen molar-refractivity contribution in [3.8, 4) is 0 Å². The van der Waals surface area contributed by atoms with Gasteiger partial charge in [-0.25, -0.2) is 0 Å². The number of hydrogen-bond donors (Lipinski definition) is 1. The number of carbonyl (C=O) groups excluding carboxylic acids is 2. The largest absolute Gasteiger partial charge is 0.459 e. The highest BCUT2D eigenvalue weighted by molar-refractivity contribution is 6.07. The van der Waals surface area contributed by atoms with Crippen molar-refractivity contribution >= 4 is 17.5 Å². The molecule has 5 heteroatoms. The third kappa shape index (κ3) is 3.62. The molecule has 0 bridgehead atoms. The highest BCUT2D eigenvalue weighted by atomic mass is 16.3. The number of carbonyl (C=O) groups is 2. The summed E-state index contributed by atoms with van der Waals surface area (Å²) in [5.41, 5.74) is 1.04. The maximum Gasteiger partial charge on any atom is 0.291 e. The zero-order chi connectivity index (χ0) is 16.1. The molecule has 2 amide bonds. The van der Waals surface area contributed by atoms with Gasteiger partial charge in [0.15, 0.2) is 5.76 Å². The van der Waals surface area contributed by atoms with Crippen LogP contribution in [0.2, 0.25) is 0 Å². The molecule has 5 nitrogen and oxygen atoms in total. The number of amides is 2. The van der Waals surface area contributed by atoms with Crippen molar-refractivity contribution in [3.63, 3.8) is 0 Å². The number of para-hydroxylation sites is 1. The maximum atomic E-state index is 12.8. The molecule has 3 rings (SSSR count). The molecule has 0 radical (unpaired) electrons. The van der Waals surface area contributed by atoms with Crippen LogP contribution in [0.25, 0.3) is 0 Å². The molecule has 0 saturated carbocycles. The van der Waals surface area contributed by atoms with Crippen LogP contribution in [0.4, 0.5) is 5.69 Å². The number of anilines is 1. The fourth-order valence-corrected chi connectivity index (χ4v) is 2.81. The van der Waals surface area contributed by atoms with Crippen LogP contribution in [0, 0.1) is 0 Å². The number of nitrogens with one attached hydrogen (secondary N) is 1. The Kier molecular flexibility index (Phi) is 4.76. The number of likely N-dealkylation sites (tertiary alicyclic amines) is 1. The molecule has 1 N–H and O–H groups in total. The molecule has 2 heterocycles. The van der Waals surface area contributed by atoms with E-state index in [1.807, 2.05) is 11.0 Å². The second-order valence-electron chi connectivity index (χ2n) is 5.68. The van der Waals surface area contributed by atoms with Gasteiger partial charge in [-0.15, -0.1) is 0 Å². The summed E-state index contributed by atoms with van der Waals surface area (Å²) in [7, 11) is 0. The minimum absolute atomic E-state index is 0.0257. The Labute approximate surface area is 135 Å². The molecule has 1 saturated heterocycles. The molecule has 1 aromatic carbocycles. The van der Waals surface area contributed by atoms with Gasteiger partial charge in [-0.2, -0.15) is 0 Å². The van der Waals surface area contributed by atoms with Crippen molar-refractivity contribution in [3.05, 3.63) is 54.0 Å². The summed E-state index contributed by atoms with van der Waals surface area (Å²) in [6.45, 7) is 1.55. The van der Waals surface area contributed by atoms with E-state index in [4.69, 9.17) is 4.42 Å². The Bertz CT molecular complexity index is 671. The van der Waals surface area contributed by atoms with Crippen molar-refractivity contribution in [1.82, 2.24) is 4.90 Å². The lowest BCUT2D eigenvalue weighted by molar-refractivity contribution is 0.0762. The van der Waals surface area contributed by atoms with E-state index in [2.05, 4.69) is 5.32 Å². The highest BCUT2D eigenvalue weighted by Crippen LogP contribution is 2.20. The molecule has 0 spiro atoms. The minimum Gasteiger partial charge on any atom is -0.459 e. The van der Waals surface area contributed by atoms with Gasteiger partial charge in [0.2, 0.25) is 0 Å². The van der Waals surface area contributed by atoms with Gasteiger partial charge in [-0.05, 0) is 37.1 Å². The number of rotatable bonds is 3. The van der Waals surface area contributed by atoms with Crippen LogP contribution in [0.1, 0.15) is 46.6 Å². The summed E-state index contributed by atoms with van der Waals surface area (Å²) in [5.74, 6) is -0.157. The first kappa shape index (κ1) is 15.3. The average molecular weight is 312 g/mol. The molecule has 0 aliphatic carbocycles. The first-order valence-electron chi connectivity index (χ1n) is 7.99. The second kappa shape index (κ2) is 7.13. The molecular weight excluding hydrogens is 292 g/mol. The molecule has 1 aliphatic heterocycles. The van der Waals surface area contributed by atoms with E-state index in [0.717, 1.165) is 25.9 Å². The Balaban J connectivity index is 1.79. The lowest BCUT2D eigenvalue weighted by Gasteiger charge is -2.21. The lowest BCUT2D eigenvalue weighted by atomic mass is 10.1. The monoisotopic (exact) mass is 312 g/mol. The first-order chi connectivity index (χ1) is 11.3. The predicted octanol–water partition coefficient (Wildman–Crippen LogP) is 3.55. The summed E-state index contributed by atoms with van der Waals surface area (Å²) in [5, 5.41) is 2.77. The molecule has 1 aliphatic rings. The topological polar surface area (TPSA) is 62.6 Å². The zero-order valence-electron chi connectivity index (χ0n) is 13.0. The van der Waals surface area contributed by atoms with E-state index in [0.29, 0.717) is 11.3 Å². The van der Waals surface area contributed by atoms with E-state index in [9.17, 15) is 9.59 Å². The quantitative estimate of drug-likeness (QED) is 0.942. The number of hydrogen-bond acceptors (Lipinski definition) is 3. The summed E-state index contributed by atoms with van der Waals surface area (Å²) in [6, 6.07) is 10.4. The normalized spacial score (nSPS) is 15.0. The van der Waals surface area contributed by atoms with Crippen LogP contribution in [0.15, 0.2) is 47.1 Å². The summed E-state index contributed by atoms with van der Waals surface area (Å²) >= 11 is 0. The number of furan rings is 1. The van der Waals surface area contributed by atoms with Crippen molar-refractivity contribution in [2.45, 2.75) is 25.7 Å². The third-order valence-electron chi connectivity index (χ3n) is 4.04. The SMILES string of the molecule is O=C(Nc1ccccc1C(=O)N1CCCCCC1)c1ccco1. The second-order valence-corrected chi connectivity index (χ2v) is 5.68. The maximum absolute atomic E-state index is 12.8. The number of nitrogens with zero attached hydrogens (tertiary/aromatic N) is 1. The standard InChI is InChI=1S/C18H20N2O3/c21-17(16-10-7-13-23-16)19-15-9-4-3-8-14(15)18(22)20-11-5-1-2-6-12-20/h3-4,7-10,13H,1-2,5-6,11-12H2,(H,19,21). The van der Waals surface area contributed by atoms with E-state index in [1.54, 1.807) is 30.3 Å². The minimum atomic E-state index is -0.355. The molecule has 120 valence electrons. The van der Waals surface area contributed by atoms with Crippen LogP contribution in [0.3, 0.4) is 0 Å². The van der Waals surface area contributed by atoms with Crippen molar-refractivity contribution in [2.75, 3.05) is 18.4 Å². The Hall–Kier alpha value is -2.56. The van der Waals surface area contributed by atoms with Gasteiger partial charge in [-0.1, -0.05) is 25.0 Å². The summed E-state index contributed by atoms with van der Waals surface area (Å²) < 4.78 is 5.09. The van der Waals surface area contributed by atoms with Crippen LogP contribution in [0.5, 0.6) is 0 Å². The van der Waals surface area contributed by atoms with Gasteiger partial charge in [0.25, 0.3) is 11.8 Å². The Morgan fingerprint density at radius 1 is 0.957 bits per heavy atom. The fourth-order valence-electron chi connectivity index (χ4n) is 2.81. The van der Waals surface area contributed by atoms with E-state index >= 15 is 0 Å². The molecular formula is C18H20N2O3. The van der Waals surface area contributed by atoms with E-state index in [-0.39, 0.29) is 17.6 Å². The summed E-state index contributed by atoms with van der Waals surface area (Å²) in [4.78, 5) is 26.8. The highest BCUT2D eigenvalue weighted by Gasteiger charge is 2.21. The molecule has 0 atom stereocenters. The van der Waals surface area contributed by atoms with E-state index in [1.165, 1.54) is 19.1 Å². The van der Waals surface area contributed by atoms with Gasteiger partial charge >= 0.3 is 0 Å². The van der Waals surface area contributed by atoms with Crippen molar-refractivity contribution in [1.29, 1.82) is 0 Å². The molecule has 1 aromatic heterocycles. The predicted molar refractivity (Wildman–Crippen MR) is 87.5 cm³/mol. The lowest BCUT2D eigenvalue weighted by Crippen LogP contribution is -2.32. The van der Waals surface area contributed by atoms with Gasteiger partial charge in [0, 0.05) is 13.1 Å². The van der Waals surface area contributed by atoms with Gasteiger partial charge in [0.1, 0.15) is 0 Å². The number of benzene rings is 1. The fraction of sp³-hybridized carbons (Fsp3) is 0.333. The molecule has 0 unspecified atom stereocenters. The van der Waals surface area contributed by atoms with E-state index < -0.39 is 0 Å². The van der Waals surface area contributed by atoms with Crippen LogP contribution < -0.4 is 5.32 Å². The average Bonchev–Trinajstić information content (AvgIpc) is 2.98. The van der Waals surface area contributed by atoms with Crippen LogP contribution >= 0.6 is 0 Å². The Morgan fingerprint density at radius 3 is 2.39 bits per heavy atom. The van der Waals surface area contributed by atoms with Gasteiger partial charge in [0.05, 0.1) is 17.5 Å². The van der Waals surface area contributed by atoms with Crippen molar-refractivity contribution < 1.29 is 14.0 Å². The Morgan fingerprint density at radius 2 is 1.70 bits per heavy atom. The zero-order valence-corrected chi connectivity index (χ0v) is 13.0. The molecule has 23 heavy (non-hydrogen) atoms. The summed E-state index contributed by atoms with van der Waals surface area (Å²) in [6.07, 6.45) is 5.85. The first-order valence-corrected chi connectivity index (χ1v) is 7.99.